The van der Waals surface area contributed by atoms with Gasteiger partial charge in [-0.1, -0.05) is 11.4 Å². The molecule has 3 N–H and O–H groups in total. The van der Waals surface area contributed by atoms with Gasteiger partial charge in [0.05, 0.1) is 14.2 Å². The van der Waals surface area contributed by atoms with Crippen LogP contribution in [-0.4, -0.2) is 62.2 Å². The summed E-state index contributed by atoms with van der Waals surface area (Å²) in [5.41, 5.74) is -0.623. The summed E-state index contributed by atoms with van der Waals surface area (Å²) in [5.74, 6) is -0.969. The van der Waals surface area contributed by atoms with Crippen LogP contribution in [0.1, 0.15) is 34.6 Å². The average Bonchev–Trinajstić information content (AvgIpc) is 2.55. The summed E-state index contributed by atoms with van der Waals surface area (Å²) in [4.78, 5) is 34.8. The largest absolute Gasteiger partial charge is 0.468 e. The molecule has 0 rings (SSSR count). The minimum absolute atomic E-state index is 0.173. The molecule has 0 heterocycles. The highest BCUT2D eigenvalue weighted by molar-refractivity contribution is 8.56. The molecule has 0 aliphatic heterocycles. The van der Waals surface area contributed by atoms with Crippen LogP contribution in [0.3, 0.4) is 0 Å². The van der Waals surface area contributed by atoms with Crippen molar-refractivity contribution in [3.8, 4) is 0 Å². The zero-order valence-electron chi connectivity index (χ0n) is 16.8. The van der Waals surface area contributed by atoms with Gasteiger partial charge in [0.15, 0.2) is 0 Å². The number of amides is 1. The SMILES string of the molecule is COC(=O)[C@H](C)NP(=O)(N[C@@H](C)C(=O)OC)SCCNC(=O)OC(C)(C)C. The maximum absolute atomic E-state index is 13.1. The van der Waals surface area contributed by atoms with Gasteiger partial charge in [0, 0.05) is 12.3 Å². The normalized spacial score (nSPS) is 14.0. The number of hydrogen-bond acceptors (Lipinski definition) is 8. The third-order valence-corrected chi connectivity index (χ3v) is 7.36. The highest BCUT2D eigenvalue weighted by Gasteiger charge is 2.32. The van der Waals surface area contributed by atoms with E-state index in [1.165, 1.54) is 28.1 Å². The maximum atomic E-state index is 13.1. The molecule has 0 unspecified atom stereocenters. The Labute approximate surface area is 164 Å². The first-order chi connectivity index (χ1) is 12.3. The number of methoxy groups -OCH3 is 2. The van der Waals surface area contributed by atoms with Gasteiger partial charge in [-0.2, -0.15) is 0 Å². The molecule has 1 amide bonds. The molecule has 0 aliphatic rings. The van der Waals surface area contributed by atoms with E-state index in [1.807, 2.05) is 0 Å². The van der Waals surface area contributed by atoms with Gasteiger partial charge in [-0.3, -0.25) is 14.2 Å². The molecule has 12 heteroatoms. The van der Waals surface area contributed by atoms with Gasteiger partial charge in [0.25, 0.3) is 6.65 Å². The molecular formula is C15H30N3O7PS. The summed E-state index contributed by atoms with van der Waals surface area (Å²) in [6.07, 6.45) is -0.593. The van der Waals surface area contributed by atoms with Crippen LogP contribution >= 0.6 is 18.0 Å². The fraction of sp³-hybridized carbons (Fsp3) is 0.800. The number of carbonyl (C=O) groups is 3. The van der Waals surface area contributed by atoms with Crippen molar-refractivity contribution in [2.75, 3.05) is 26.5 Å². The molecular weight excluding hydrogens is 397 g/mol. The highest BCUT2D eigenvalue weighted by Crippen LogP contribution is 2.51. The van der Waals surface area contributed by atoms with Crippen molar-refractivity contribution in [3.63, 3.8) is 0 Å². The van der Waals surface area contributed by atoms with E-state index in [4.69, 9.17) is 4.74 Å². The molecule has 0 fully saturated rings. The molecule has 0 aromatic rings. The molecule has 27 heavy (non-hydrogen) atoms. The Balaban J connectivity index is 4.84. The van der Waals surface area contributed by atoms with Crippen molar-refractivity contribution in [1.29, 1.82) is 0 Å². The first-order valence-corrected chi connectivity index (χ1v) is 11.6. The topological polar surface area (TPSA) is 132 Å². The Morgan fingerprint density at radius 1 is 1.00 bits per heavy atom. The first-order valence-electron chi connectivity index (χ1n) is 8.26. The second-order valence-electron chi connectivity index (χ2n) is 6.56. The molecule has 0 aliphatic carbocycles. The van der Waals surface area contributed by atoms with Crippen LogP contribution in [0, 0.1) is 0 Å². The Hall–Kier alpha value is -1.29. The molecule has 0 aromatic heterocycles. The predicted molar refractivity (Wildman–Crippen MR) is 104 cm³/mol. The zero-order chi connectivity index (χ0) is 21.3. The monoisotopic (exact) mass is 427 g/mol. The van der Waals surface area contributed by atoms with Crippen molar-refractivity contribution in [1.82, 2.24) is 15.5 Å². The van der Waals surface area contributed by atoms with Crippen molar-refractivity contribution in [3.05, 3.63) is 0 Å². The summed E-state index contributed by atoms with van der Waals surface area (Å²) in [7, 11) is 2.43. The van der Waals surface area contributed by atoms with Crippen molar-refractivity contribution in [2.24, 2.45) is 0 Å². The van der Waals surface area contributed by atoms with E-state index in [0.717, 1.165) is 11.4 Å². The molecule has 0 spiro atoms. The van der Waals surface area contributed by atoms with Gasteiger partial charge >= 0.3 is 18.0 Å². The third-order valence-electron chi connectivity index (χ3n) is 2.88. The van der Waals surface area contributed by atoms with E-state index in [-0.39, 0.29) is 12.3 Å². The summed E-state index contributed by atoms with van der Waals surface area (Å²) in [5, 5.41) is 7.87. The lowest BCUT2D eigenvalue weighted by atomic mass is 10.2. The van der Waals surface area contributed by atoms with Crippen LogP contribution in [0.25, 0.3) is 0 Å². The van der Waals surface area contributed by atoms with Gasteiger partial charge in [-0.15, -0.1) is 0 Å². The van der Waals surface area contributed by atoms with E-state index in [0.29, 0.717) is 0 Å². The molecule has 0 saturated carbocycles. The molecule has 10 nitrogen and oxygen atoms in total. The summed E-state index contributed by atoms with van der Waals surface area (Å²) in [6, 6.07) is -1.74. The van der Waals surface area contributed by atoms with E-state index in [2.05, 4.69) is 25.0 Å². The molecule has 0 saturated heterocycles. The van der Waals surface area contributed by atoms with Crippen molar-refractivity contribution in [2.45, 2.75) is 52.3 Å². The quantitative estimate of drug-likeness (QED) is 0.205. The molecule has 2 atom stereocenters. The van der Waals surface area contributed by atoms with Gasteiger partial charge in [-0.25, -0.2) is 15.0 Å². The molecule has 0 radical (unpaired) electrons. The van der Waals surface area contributed by atoms with E-state index in [1.54, 1.807) is 20.8 Å². The maximum Gasteiger partial charge on any atom is 0.407 e. The average molecular weight is 427 g/mol. The van der Waals surface area contributed by atoms with Crippen LogP contribution in [0.2, 0.25) is 0 Å². The summed E-state index contributed by atoms with van der Waals surface area (Å²) < 4.78 is 27.5. The van der Waals surface area contributed by atoms with Crippen LogP contribution in [0.4, 0.5) is 4.79 Å². The Morgan fingerprint density at radius 2 is 1.44 bits per heavy atom. The lowest BCUT2D eigenvalue weighted by Gasteiger charge is -2.25. The number of nitrogens with one attached hydrogen (secondary N) is 3. The minimum atomic E-state index is -3.44. The van der Waals surface area contributed by atoms with Crippen LogP contribution in [-0.2, 0) is 28.4 Å². The minimum Gasteiger partial charge on any atom is -0.468 e. The smallest absolute Gasteiger partial charge is 0.407 e. The first kappa shape index (κ1) is 25.7. The van der Waals surface area contributed by atoms with Crippen molar-refractivity contribution >= 4 is 36.1 Å². The van der Waals surface area contributed by atoms with E-state index >= 15 is 0 Å². The zero-order valence-corrected chi connectivity index (χ0v) is 18.5. The number of rotatable bonds is 10. The summed E-state index contributed by atoms with van der Waals surface area (Å²) >= 11 is 0.944. The third kappa shape index (κ3) is 11.2. The number of esters is 2. The number of alkyl carbamates (subject to hydrolysis) is 1. The lowest BCUT2D eigenvalue weighted by molar-refractivity contribution is -0.142. The number of carbonyl (C=O) groups excluding carboxylic acids is 3. The van der Waals surface area contributed by atoms with E-state index < -0.39 is 42.4 Å². The second-order valence-corrected chi connectivity index (χ2v) is 11.2. The highest BCUT2D eigenvalue weighted by atomic mass is 32.7. The summed E-state index contributed by atoms with van der Waals surface area (Å²) in [6.45, 7) is 4.93. The molecule has 0 aromatic carbocycles. The van der Waals surface area contributed by atoms with Crippen LogP contribution < -0.4 is 15.5 Å². The van der Waals surface area contributed by atoms with Crippen LogP contribution in [0.5, 0.6) is 0 Å². The standard InChI is InChI=1S/C15H30N3O7PS/c1-10(12(19)23-6)17-26(22,18-11(2)13(20)24-7)27-9-8-16-14(21)25-15(3,4)5/h10-11H,8-9H2,1-7H3,(H,16,21)(H2,17,18,22)/t10-,11-/m0/s1. The fourth-order valence-corrected chi connectivity index (χ4v) is 6.07. The fourth-order valence-electron chi connectivity index (χ4n) is 1.72. The Kier molecular flexibility index (Phi) is 11.0. The predicted octanol–water partition coefficient (Wildman–Crippen LogP) is 1.65. The van der Waals surface area contributed by atoms with Crippen LogP contribution in [0.15, 0.2) is 0 Å². The molecule has 0 bridgehead atoms. The Morgan fingerprint density at radius 3 is 1.81 bits per heavy atom. The number of ether oxygens (including phenoxy) is 3. The van der Waals surface area contributed by atoms with Crippen molar-refractivity contribution < 1.29 is 33.2 Å². The lowest BCUT2D eigenvalue weighted by Crippen LogP contribution is -2.40. The molecule has 158 valence electrons. The Bertz CT molecular complexity index is 540. The van der Waals surface area contributed by atoms with Gasteiger partial charge in [0.2, 0.25) is 0 Å². The van der Waals surface area contributed by atoms with Gasteiger partial charge in [0.1, 0.15) is 17.7 Å². The second kappa shape index (κ2) is 11.5. The van der Waals surface area contributed by atoms with Gasteiger partial charge < -0.3 is 19.5 Å². The van der Waals surface area contributed by atoms with Gasteiger partial charge in [-0.05, 0) is 34.6 Å². The van der Waals surface area contributed by atoms with E-state index in [9.17, 15) is 18.9 Å². The number of hydrogen-bond donors (Lipinski definition) is 3.